The maximum atomic E-state index is 14.2. The van der Waals surface area contributed by atoms with Crippen molar-refractivity contribution in [2.75, 3.05) is 34.5 Å². The zero-order valence-corrected chi connectivity index (χ0v) is 26.5. The molecule has 0 aliphatic carbocycles. The lowest BCUT2D eigenvalue weighted by atomic mass is 9.93. The highest BCUT2D eigenvalue weighted by molar-refractivity contribution is 7.07. The molecule has 0 spiro atoms. The van der Waals surface area contributed by atoms with Gasteiger partial charge in [-0.3, -0.25) is 9.36 Å². The lowest BCUT2D eigenvalue weighted by Gasteiger charge is -2.26. The molecule has 4 aromatic rings. The minimum absolute atomic E-state index is 0.147. The lowest BCUT2D eigenvalue weighted by molar-refractivity contribution is -0.138. The molecule has 1 aromatic heterocycles. The van der Waals surface area contributed by atoms with Crippen molar-refractivity contribution < 1.29 is 28.5 Å². The Bertz CT molecular complexity index is 1910. The van der Waals surface area contributed by atoms with Gasteiger partial charge in [0.1, 0.15) is 0 Å². The first-order chi connectivity index (χ1) is 21.3. The van der Waals surface area contributed by atoms with Crippen LogP contribution in [-0.4, -0.2) is 45.1 Å². The number of rotatable bonds is 10. The maximum absolute atomic E-state index is 14.2. The third-order valence-electron chi connectivity index (χ3n) is 6.94. The number of fused-ring (bicyclic) bond motifs is 1. The second kappa shape index (κ2) is 13.4. The van der Waals surface area contributed by atoms with E-state index in [2.05, 4.69) is 0 Å². The predicted octanol–water partition coefficient (Wildman–Crippen LogP) is 5.01. The van der Waals surface area contributed by atoms with Gasteiger partial charge in [0, 0.05) is 5.56 Å². The van der Waals surface area contributed by atoms with Gasteiger partial charge in [0.05, 0.1) is 61.4 Å². The van der Waals surface area contributed by atoms with Gasteiger partial charge in [0.25, 0.3) is 5.56 Å². The number of ether oxygens (including phenoxy) is 5. The van der Waals surface area contributed by atoms with Crippen LogP contribution in [0, 0.1) is 0 Å². The molecule has 0 unspecified atom stereocenters. The molecule has 1 atom stereocenters. The average Bonchev–Trinajstić information content (AvgIpc) is 3.35. The van der Waals surface area contributed by atoms with Crippen LogP contribution < -0.4 is 33.8 Å². The second-order valence-corrected chi connectivity index (χ2v) is 10.9. The molecule has 11 heteroatoms. The normalized spacial score (nSPS) is 14.5. The molecule has 9 nitrogen and oxygen atoms in total. The van der Waals surface area contributed by atoms with Crippen LogP contribution in [0.25, 0.3) is 11.8 Å². The quantitative estimate of drug-likeness (QED) is 0.226. The third-order valence-corrected chi connectivity index (χ3v) is 8.20. The van der Waals surface area contributed by atoms with E-state index in [4.69, 9.17) is 40.3 Å². The fourth-order valence-electron chi connectivity index (χ4n) is 5.04. The number of benzene rings is 3. The summed E-state index contributed by atoms with van der Waals surface area (Å²) in [6.07, 6.45) is 1.72. The molecule has 5 rings (SSSR count). The Balaban J connectivity index is 1.81. The highest BCUT2D eigenvalue weighted by atomic mass is 35.5. The average molecular weight is 635 g/mol. The molecule has 0 N–H and O–H groups in total. The van der Waals surface area contributed by atoms with E-state index in [1.54, 1.807) is 50.4 Å². The summed E-state index contributed by atoms with van der Waals surface area (Å²) in [5.41, 5.74) is 2.27. The molecule has 0 radical (unpaired) electrons. The number of esters is 1. The molecule has 0 bridgehead atoms. The van der Waals surface area contributed by atoms with Crippen molar-refractivity contribution in [2.24, 2.45) is 4.99 Å². The zero-order valence-electron chi connectivity index (χ0n) is 24.9. The molecule has 0 saturated carbocycles. The minimum Gasteiger partial charge on any atom is -0.493 e. The molecule has 2 heterocycles. The number of carbonyl (C=O) groups excluding carboxylic acids is 1. The highest BCUT2D eigenvalue weighted by Crippen LogP contribution is 2.39. The molecule has 1 aliphatic rings. The summed E-state index contributed by atoms with van der Waals surface area (Å²) in [5.74, 6) is 1.25. The molecule has 3 aromatic carbocycles. The summed E-state index contributed by atoms with van der Waals surface area (Å²) < 4.78 is 29.6. The zero-order chi connectivity index (χ0) is 31.4. The largest absolute Gasteiger partial charge is 0.493 e. The predicted molar refractivity (Wildman–Crippen MR) is 170 cm³/mol. The van der Waals surface area contributed by atoms with Gasteiger partial charge in [0.15, 0.2) is 27.8 Å². The van der Waals surface area contributed by atoms with Crippen molar-refractivity contribution in [3.63, 3.8) is 0 Å². The first-order valence-electron chi connectivity index (χ1n) is 13.9. The molecule has 228 valence electrons. The van der Waals surface area contributed by atoms with Crippen LogP contribution in [-0.2, 0) is 9.53 Å². The van der Waals surface area contributed by atoms with E-state index >= 15 is 0 Å². The van der Waals surface area contributed by atoms with Gasteiger partial charge >= 0.3 is 5.97 Å². The van der Waals surface area contributed by atoms with Crippen LogP contribution >= 0.6 is 22.9 Å². The van der Waals surface area contributed by atoms with Crippen LogP contribution in [0.4, 0.5) is 0 Å². The monoisotopic (exact) mass is 634 g/mol. The number of aromatic nitrogens is 1. The first kappa shape index (κ1) is 30.9. The van der Waals surface area contributed by atoms with Crippen LogP contribution in [0.1, 0.15) is 36.6 Å². The molecule has 0 fully saturated rings. The SMILES string of the molecule is CCOC(=O)C1=C(c2ccccc2)N=c2s/c(=C\c3cc(Cl)c(OCC)c(OC)c3)c(=O)n2[C@@H]1c1ccc(OC)c(OC)c1. The summed E-state index contributed by atoms with van der Waals surface area (Å²) in [6.45, 7) is 4.15. The Kier molecular flexibility index (Phi) is 9.41. The smallest absolute Gasteiger partial charge is 0.338 e. The third kappa shape index (κ3) is 5.82. The summed E-state index contributed by atoms with van der Waals surface area (Å²) in [4.78, 5) is 33.2. The summed E-state index contributed by atoms with van der Waals surface area (Å²) in [6, 6.07) is 17.2. The van der Waals surface area contributed by atoms with Crippen molar-refractivity contribution in [3.8, 4) is 23.0 Å². The molecule has 0 saturated heterocycles. The van der Waals surface area contributed by atoms with Crippen molar-refractivity contribution in [3.05, 3.63) is 108 Å². The fraction of sp³-hybridized carbons (Fsp3) is 0.242. The van der Waals surface area contributed by atoms with Crippen LogP contribution in [0.3, 0.4) is 0 Å². The maximum Gasteiger partial charge on any atom is 0.338 e. The Morgan fingerprint density at radius 2 is 1.68 bits per heavy atom. The van der Waals surface area contributed by atoms with Gasteiger partial charge in [-0.15, -0.1) is 0 Å². The standard InChI is InChI=1S/C33H31ClN2O7S/c1-6-42-30-22(34)15-19(16-25(30)41-5)17-26-31(37)36-29(21-13-14-23(39-3)24(18-21)40-4)27(32(38)43-7-2)28(35-33(36)44-26)20-11-9-8-10-12-20/h8-18,29H,6-7H2,1-5H3/b26-17-/t29-/m1/s1. The second-order valence-electron chi connectivity index (χ2n) is 9.51. The van der Waals surface area contributed by atoms with Gasteiger partial charge < -0.3 is 23.7 Å². The number of hydrogen-bond acceptors (Lipinski definition) is 9. The van der Waals surface area contributed by atoms with Crippen molar-refractivity contribution >= 4 is 40.7 Å². The number of thiazole rings is 1. The number of nitrogens with zero attached hydrogens (tertiary/aromatic N) is 2. The summed E-state index contributed by atoms with van der Waals surface area (Å²) >= 11 is 7.73. The van der Waals surface area contributed by atoms with Crippen molar-refractivity contribution in [2.45, 2.75) is 19.9 Å². The van der Waals surface area contributed by atoms with Crippen LogP contribution in [0.5, 0.6) is 23.0 Å². The summed E-state index contributed by atoms with van der Waals surface area (Å²) in [7, 11) is 4.60. The van der Waals surface area contributed by atoms with E-state index in [-0.39, 0.29) is 17.7 Å². The molecule has 0 amide bonds. The minimum atomic E-state index is -0.874. The van der Waals surface area contributed by atoms with Crippen LogP contribution in [0.2, 0.25) is 5.02 Å². The molecular weight excluding hydrogens is 604 g/mol. The molecule has 1 aliphatic heterocycles. The Hall–Kier alpha value is -4.54. The highest BCUT2D eigenvalue weighted by Gasteiger charge is 2.35. The Labute approximate surface area is 263 Å². The van der Waals surface area contributed by atoms with E-state index in [0.717, 1.165) is 0 Å². The van der Waals surface area contributed by atoms with Crippen LogP contribution in [0.15, 0.2) is 76.0 Å². The van der Waals surface area contributed by atoms with Gasteiger partial charge in [-0.2, -0.15) is 0 Å². The van der Waals surface area contributed by atoms with Gasteiger partial charge in [-0.25, -0.2) is 9.79 Å². The summed E-state index contributed by atoms with van der Waals surface area (Å²) in [5, 5.41) is 0.351. The first-order valence-corrected chi connectivity index (χ1v) is 15.0. The molecule has 44 heavy (non-hydrogen) atoms. The van der Waals surface area contributed by atoms with Gasteiger partial charge in [0.2, 0.25) is 0 Å². The van der Waals surface area contributed by atoms with E-state index < -0.39 is 12.0 Å². The van der Waals surface area contributed by atoms with E-state index in [1.807, 2.05) is 37.3 Å². The topological polar surface area (TPSA) is 97.6 Å². The fourth-order valence-corrected chi connectivity index (χ4v) is 6.31. The Morgan fingerprint density at radius 3 is 2.34 bits per heavy atom. The van der Waals surface area contributed by atoms with Crippen molar-refractivity contribution in [1.29, 1.82) is 0 Å². The van der Waals surface area contributed by atoms with Gasteiger partial charge in [-0.05, 0) is 55.3 Å². The number of methoxy groups -OCH3 is 3. The van der Waals surface area contributed by atoms with E-state index in [0.29, 0.717) is 66.3 Å². The lowest BCUT2D eigenvalue weighted by Crippen LogP contribution is -2.40. The van der Waals surface area contributed by atoms with Gasteiger partial charge in [-0.1, -0.05) is 59.3 Å². The van der Waals surface area contributed by atoms with E-state index in [9.17, 15) is 9.59 Å². The number of carbonyl (C=O) groups is 1. The number of hydrogen-bond donors (Lipinski definition) is 0. The Morgan fingerprint density at radius 1 is 0.955 bits per heavy atom. The van der Waals surface area contributed by atoms with E-state index in [1.165, 1.54) is 30.1 Å². The van der Waals surface area contributed by atoms with Crippen molar-refractivity contribution in [1.82, 2.24) is 4.57 Å². The molecular formula is C33H31ClN2O7S. The number of halogens is 1.